The first-order valence-electron chi connectivity index (χ1n) is 18.7. The average Bonchev–Trinajstić information content (AvgIpc) is 3.86. The molecule has 4 heterocycles. The van der Waals surface area contributed by atoms with Crippen molar-refractivity contribution in [1.29, 1.82) is 0 Å². The number of hydrogen-bond donors (Lipinski definition) is 0. The molecule has 0 spiro atoms. The molecule has 0 saturated heterocycles. The number of aromatic nitrogens is 3. The van der Waals surface area contributed by atoms with Crippen molar-refractivity contribution in [3.05, 3.63) is 188 Å². The van der Waals surface area contributed by atoms with E-state index < -0.39 is 0 Å². The number of para-hydroxylation sites is 1. The predicted molar refractivity (Wildman–Crippen MR) is 233 cm³/mol. The molecule has 4 aromatic heterocycles. The van der Waals surface area contributed by atoms with E-state index in [2.05, 4.69) is 132 Å². The minimum atomic E-state index is 0.657. The first kappa shape index (κ1) is 32.2. The number of thiophene rings is 1. The van der Waals surface area contributed by atoms with Gasteiger partial charge in [0.15, 0.2) is 5.82 Å². The molecule has 0 atom stereocenters. The van der Waals surface area contributed by atoms with Crippen LogP contribution in [0.4, 0.5) is 0 Å². The second kappa shape index (κ2) is 13.3. The molecule has 0 aliphatic carbocycles. The molecule has 0 fully saturated rings. The number of hydrogen-bond acceptors (Lipinski definition) is 5. The van der Waals surface area contributed by atoms with Gasteiger partial charge in [-0.05, 0) is 59.2 Å². The van der Waals surface area contributed by atoms with Gasteiger partial charge in [-0.2, -0.15) is 0 Å². The molecule has 11 rings (SSSR count). The van der Waals surface area contributed by atoms with E-state index >= 15 is 0 Å². The maximum absolute atomic E-state index is 6.75. The van der Waals surface area contributed by atoms with Gasteiger partial charge in [0, 0.05) is 65.0 Å². The summed E-state index contributed by atoms with van der Waals surface area (Å²) in [4.78, 5) is 15.0. The normalized spacial score (nSPS) is 11.6. The van der Waals surface area contributed by atoms with Crippen LogP contribution in [0.1, 0.15) is 0 Å². The number of fused-ring (bicyclic) bond motifs is 6. The lowest BCUT2D eigenvalue weighted by Gasteiger charge is -2.13. The van der Waals surface area contributed by atoms with Crippen LogP contribution in [0.3, 0.4) is 0 Å². The molecule has 0 N–H and O–H groups in total. The Morgan fingerprint density at radius 2 is 1.04 bits per heavy atom. The molecular weight excluding hydrogens is 703 g/mol. The third kappa shape index (κ3) is 5.40. The molecule has 0 bridgehead atoms. The lowest BCUT2D eigenvalue weighted by Crippen LogP contribution is -1.97. The van der Waals surface area contributed by atoms with Gasteiger partial charge in [-0.25, -0.2) is 9.97 Å². The van der Waals surface area contributed by atoms with Crippen LogP contribution in [0.25, 0.3) is 110 Å². The smallest absolute Gasteiger partial charge is 0.160 e. The van der Waals surface area contributed by atoms with Crippen LogP contribution in [0.15, 0.2) is 193 Å². The van der Waals surface area contributed by atoms with Crippen LogP contribution < -0.4 is 0 Å². The van der Waals surface area contributed by atoms with Gasteiger partial charge in [0.25, 0.3) is 0 Å². The first-order valence-corrected chi connectivity index (χ1v) is 19.5. The Balaban J connectivity index is 1.05. The number of nitrogens with zero attached hydrogens (tertiary/aromatic N) is 3. The monoisotopic (exact) mass is 733 g/mol. The van der Waals surface area contributed by atoms with Gasteiger partial charge in [-0.15, -0.1) is 11.3 Å². The van der Waals surface area contributed by atoms with E-state index in [1.807, 2.05) is 72.1 Å². The zero-order valence-corrected chi connectivity index (χ0v) is 30.9. The predicted octanol–water partition coefficient (Wildman–Crippen LogP) is 14.1. The standard InChI is InChI=1S/C51H31N3OS/c1-2-13-33(14-3-1)43-31-44(37-16-5-4-15-36(37)42-20-10-11-30-52-42)54-51(53-43)34-26-24-32(25-27-34)35-28-29-39(49-40-17-6-8-21-45(40)55-50(35)49)38-19-12-23-47-48(38)41-18-7-9-22-46(41)56-47/h1-31H. The van der Waals surface area contributed by atoms with E-state index in [4.69, 9.17) is 14.4 Å². The summed E-state index contributed by atoms with van der Waals surface area (Å²) in [6.45, 7) is 0. The number of rotatable bonds is 6. The minimum absolute atomic E-state index is 0.657. The molecule has 56 heavy (non-hydrogen) atoms. The number of pyridine rings is 1. The van der Waals surface area contributed by atoms with Gasteiger partial charge in [0.2, 0.25) is 0 Å². The summed E-state index contributed by atoms with van der Waals surface area (Å²) >= 11 is 1.84. The van der Waals surface area contributed by atoms with Crippen molar-refractivity contribution in [3.63, 3.8) is 0 Å². The molecule has 262 valence electrons. The average molecular weight is 734 g/mol. The quantitative estimate of drug-likeness (QED) is 0.171. The largest absolute Gasteiger partial charge is 0.455 e. The fourth-order valence-corrected chi connectivity index (χ4v) is 9.13. The van der Waals surface area contributed by atoms with Crippen LogP contribution in [-0.2, 0) is 0 Å². The highest BCUT2D eigenvalue weighted by Gasteiger charge is 2.20. The summed E-state index contributed by atoms with van der Waals surface area (Å²) in [5, 5.41) is 4.81. The second-order valence-corrected chi connectivity index (χ2v) is 15.0. The molecule has 0 unspecified atom stereocenters. The van der Waals surface area contributed by atoms with Gasteiger partial charge >= 0.3 is 0 Å². The van der Waals surface area contributed by atoms with E-state index in [0.717, 1.165) is 72.4 Å². The van der Waals surface area contributed by atoms with E-state index in [1.165, 1.54) is 31.3 Å². The highest BCUT2D eigenvalue weighted by molar-refractivity contribution is 7.25. The molecule has 0 saturated carbocycles. The third-order valence-corrected chi connectivity index (χ3v) is 11.7. The molecule has 0 aliphatic heterocycles. The van der Waals surface area contributed by atoms with Crippen LogP contribution in [-0.4, -0.2) is 15.0 Å². The van der Waals surface area contributed by atoms with E-state index in [1.54, 1.807) is 0 Å². The number of benzene rings is 7. The van der Waals surface area contributed by atoms with Crippen molar-refractivity contribution in [2.45, 2.75) is 0 Å². The fourth-order valence-electron chi connectivity index (χ4n) is 8.00. The topological polar surface area (TPSA) is 51.8 Å². The molecule has 7 aromatic carbocycles. The van der Waals surface area contributed by atoms with Crippen LogP contribution in [0, 0.1) is 0 Å². The van der Waals surface area contributed by atoms with Gasteiger partial charge < -0.3 is 4.42 Å². The fraction of sp³-hybridized carbons (Fsp3) is 0. The summed E-state index contributed by atoms with van der Waals surface area (Å²) < 4.78 is 9.32. The van der Waals surface area contributed by atoms with E-state index in [0.29, 0.717) is 5.82 Å². The molecule has 11 aromatic rings. The maximum atomic E-state index is 6.75. The summed E-state index contributed by atoms with van der Waals surface area (Å²) in [6.07, 6.45) is 1.83. The van der Waals surface area contributed by atoms with Crippen molar-refractivity contribution >= 4 is 53.4 Å². The van der Waals surface area contributed by atoms with Crippen LogP contribution in [0.5, 0.6) is 0 Å². The van der Waals surface area contributed by atoms with E-state index in [-0.39, 0.29) is 0 Å². The van der Waals surface area contributed by atoms with Crippen LogP contribution in [0.2, 0.25) is 0 Å². The lowest BCUT2D eigenvalue weighted by atomic mass is 9.92. The second-order valence-electron chi connectivity index (χ2n) is 13.9. The summed E-state index contributed by atoms with van der Waals surface area (Å²) in [6, 6.07) is 63.4. The summed E-state index contributed by atoms with van der Waals surface area (Å²) in [7, 11) is 0. The maximum Gasteiger partial charge on any atom is 0.160 e. The van der Waals surface area contributed by atoms with Crippen molar-refractivity contribution < 1.29 is 4.42 Å². The zero-order chi connectivity index (χ0) is 37.0. The highest BCUT2D eigenvalue weighted by atomic mass is 32.1. The summed E-state index contributed by atoms with van der Waals surface area (Å²) in [5.74, 6) is 0.657. The molecule has 0 amide bonds. The Bertz CT molecular complexity index is 3240. The molecule has 5 heteroatoms. The van der Waals surface area contributed by atoms with Crippen molar-refractivity contribution in [2.24, 2.45) is 0 Å². The Kier molecular flexibility index (Phi) is 7.64. The highest BCUT2D eigenvalue weighted by Crippen LogP contribution is 2.46. The minimum Gasteiger partial charge on any atom is -0.455 e. The Labute approximate surface area is 327 Å². The first-order chi connectivity index (χ1) is 27.8. The van der Waals surface area contributed by atoms with Crippen molar-refractivity contribution in [3.8, 4) is 67.4 Å². The lowest BCUT2D eigenvalue weighted by molar-refractivity contribution is 0.670. The third-order valence-electron chi connectivity index (χ3n) is 10.6. The molecule has 0 aliphatic rings. The SMILES string of the molecule is c1ccc(-c2cc(-c3ccccc3-c3ccccn3)nc(-c3ccc(-c4ccc(-c5cccc6sc7ccccc7c56)c5c4oc4ccccc45)cc3)n2)cc1. The van der Waals surface area contributed by atoms with E-state index in [9.17, 15) is 0 Å². The number of furan rings is 1. The van der Waals surface area contributed by atoms with Crippen molar-refractivity contribution in [2.75, 3.05) is 0 Å². The molecular formula is C51H31N3OS. The molecule has 0 radical (unpaired) electrons. The summed E-state index contributed by atoms with van der Waals surface area (Å²) in [5.41, 5.74) is 12.8. The van der Waals surface area contributed by atoms with Gasteiger partial charge in [0.1, 0.15) is 11.2 Å². The zero-order valence-electron chi connectivity index (χ0n) is 30.1. The van der Waals surface area contributed by atoms with Crippen molar-refractivity contribution in [1.82, 2.24) is 15.0 Å². The Morgan fingerprint density at radius 1 is 0.393 bits per heavy atom. The van der Waals surface area contributed by atoms with Gasteiger partial charge in [-0.3, -0.25) is 4.98 Å². The van der Waals surface area contributed by atoms with Gasteiger partial charge in [0.05, 0.1) is 17.1 Å². The van der Waals surface area contributed by atoms with Crippen LogP contribution >= 0.6 is 11.3 Å². The Hall–Kier alpha value is -7.21. The molecule has 4 nitrogen and oxygen atoms in total. The van der Waals surface area contributed by atoms with Gasteiger partial charge in [-0.1, -0.05) is 140 Å². The Morgan fingerprint density at radius 3 is 1.88 bits per heavy atom.